The highest BCUT2D eigenvalue weighted by atomic mass is 16.5. The van der Waals surface area contributed by atoms with Crippen LogP contribution < -0.4 is 20.3 Å². The molecule has 0 unspecified atom stereocenters. The first-order valence-electron chi connectivity index (χ1n) is 10.6. The van der Waals surface area contributed by atoms with E-state index in [-0.39, 0.29) is 31.1 Å². The second-order valence-corrected chi connectivity index (χ2v) is 7.25. The summed E-state index contributed by atoms with van der Waals surface area (Å²) in [5, 5.41) is 0. The number of ketones is 1. The quantitative estimate of drug-likeness (QED) is 0.363. The van der Waals surface area contributed by atoms with Crippen LogP contribution in [-0.2, 0) is 9.59 Å². The molecule has 3 rings (SSSR count). The van der Waals surface area contributed by atoms with Crippen LogP contribution >= 0.6 is 0 Å². The lowest BCUT2D eigenvalue weighted by Crippen LogP contribution is -2.43. The average Bonchev–Trinajstić information content (AvgIpc) is 2.87. The summed E-state index contributed by atoms with van der Waals surface area (Å²) in [5.74, 6) is 0.326. The zero-order valence-electron chi connectivity index (χ0n) is 18.4. The Bertz CT molecular complexity index is 1080. The fraction of sp³-hybridized carbons (Fsp3) is 0.192. The lowest BCUT2D eigenvalue weighted by Gasteiger charge is -2.12. The zero-order chi connectivity index (χ0) is 23.5. The molecule has 0 aliphatic heterocycles. The first kappa shape index (κ1) is 23.5. The Balaban J connectivity index is 1.38. The summed E-state index contributed by atoms with van der Waals surface area (Å²) in [6.07, 6.45) is 0.709. The van der Waals surface area contributed by atoms with Crippen LogP contribution in [0.1, 0.15) is 29.6 Å². The average molecular weight is 447 g/mol. The van der Waals surface area contributed by atoms with Crippen LogP contribution in [0.15, 0.2) is 78.9 Å². The normalized spacial score (nSPS) is 10.2. The maximum atomic E-state index is 12.2. The minimum atomic E-state index is -0.486. The monoisotopic (exact) mass is 446 g/mol. The Morgan fingerprint density at radius 1 is 0.758 bits per heavy atom. The summed E-state index contributed by atoms with van der Waals surface area (Å²) in [6.45, 7) is -0.250. The predicted octanol–water partition coefficient (Wildman–Crippen LogP) is 3.94. The van der Waals surface area contributed by atoms with Crippen molar-refractivity contribution in [2.75, 3.05) is 13.7 Å². The summed E-state index contributed by atoms with van der Waals surface area (Å²) < 4.78 is 10.7. The smallest absolute Gasteiger partial charge is 0.276 e. The topological polar surface area (TPSA) is 93.7 Å². The van der Waals surface area contributed by atoms with Crippen molar-refractivity contribution >= 4 is 17.6 Å². The Labute approximate surface area is 192 Å². The van der Waals surface area contributed by atoms with E-state index in [1.807, 2.05) is 48.5 Å². The van der Waals surface area contributed by atoms with Gasteiger partial charge in [0.1, 0.15) is 11.5 Å². The number of hydrogen-bond donors (Lipinski definition) is 2. The fourth-order valence-electron chi connectivity index (χ4n) is 3.16. The van der Waals surface area contributed by atoms with E-state index in [1.165, 1.54) is 0 Å². The van der Waals surface area contributed by atoms with Gasteiger partial charge in [-0.1, -0.05) is 48.5 Å². The van der Waals surface area contributed by atoms with Crippen LogP contribution in [0.2, 0.25) is 0 Å². The van der Waals surface area contributed by atoms with Gasteiger partial charge in [-0.3, -0.25) is 25.2 Å². The molecule has 0 bridgehead atoms. The number of amides is 2. The summed E-state index contributed by atoms with van der Waals surface area (Å²) >= 11 is 0. The lowest BCUT2D eigenvalue weighted by molar-refractivity contribution is -0.130. The van der Waals surface area contributed by atoms with Crippen molar-refractivity contribution in [1.82, 2.24) is 10.9 Å². The van der Waals surface area contributed by atoms with Crippen LogP contribution in [0.25, 0.3) is 11.1 Å². The third-order valence-corrected chi connectivity index (χ3v) is 4.89. The molecule has 0 radical (unpaired) electrons. The fourth-order valence-corrected chi connectivity index (χ4v) is 3.16. The molecule has 2 N–H and O–H groups in total. The molecule has 0 spiro atoms. The van der Waals surface area contributed by atoms with Gasteiger partial charge in [0.2, 0.25) is 5.91 Å². The molecule has 2 amide bonds. The number of hydrazine groups is 1. The van der Waals surface area contributed by atoms with Gasteiger partial charge in [0.05, 0.1) is 7.11 Å². The molecule has 0 heterocycles. The maximum Gasteiger partial charge on any atom is 0.276 e. The third kappa shape index (κ3) is 7.21. The number of hydrogen-bond acceptors (Lipinski definition) is 5. The van der Waals surface area contributed by atoms with Gasteiger partial charge >= 0.3 is 0 Å². The summed E-state index contributed by atoms with van der Waals surface area (Å²) in [7, 11) is 1.56. The van der Waals surface area contributed by atoms with Crippen LogP contribution in [0.4, 0.5) is 0 Å². The van der Waals surface area contributed by atoms with Crippen LogP contribution in [0.3, 0.4) is 0 Å². The first-order valence-corrected chi connectivity index (χ1v) is 10.6. The van der Waals surface area contributed by atoms with Crippen LogP contribution in [0, 0.1) is 0 Å². The van der Waals surface area contributed by atoms with E-state index >= 15 is 0 Å². The molecule has 3 aromatic carbocycles. The van der Waals surface area contributed by atoms with E-state index < -0.39 is 5.91 Å². The SMILES string of the molecule is COc1ccc(C(=O)CCCC(=O)NNC(=O)COc2ccccc2-c2ccccc2)cc1. The molecule has 0 aromatic heterocycles. The Morgan fingerprint density at radius 3 is 2.15 bits per heavy atom. The molecular weight excluding hydrogens is 420 g/mol. The van der Waals surface area contributed by atoms with Crippen molar-refractivity contribution in [3.63, 3.8) is 0 Å². The standard InChI is InChI=1S/C26H26N2O5/c1-32-21-16-14-20(15-17-21)23(29)11-7-13-25(30)27-28-26(31)18-33-24-12-6-5-10-22(24)19-8-3-2-4-9-19/h2-6,8-10,12,14-17H,7,11,13,18H2,1H3,(H,27,30)(H,28,31). The van der Waals surface area contributed by atoms with Crippen LogP contribution in [-0.4, -0.2) is 31.3 Å². The highest BCUT2D eigenvalue weighted by molar-refractivity contribution is 5.96. The van der Waals surface area contributed by atoms with Gasteiger partial charge in [-0.25, -0.2) is 0 Å². The van der Waals surface area contributed by atoms with Crippen molar-refractivity contribution in [2.24, 2.45) is 0 Å². The number of benzene rings is 3. The zero-order valence-corrected chi connectivity index (χ0v) is 18.4. The lowest BCUT2D eigenvalue weighted by atomic mass is 10.1. The highest BCUT2D eigenvalue weighted by Crippen LogP contribution is 2.29. The first-order chi connectivity index (χ1) is 16.1. The molecule has 7 nitrogen and oxygen atoms in total. The number of carbonyl (C=O) groups is 3. The van der Waals surface area contributed by atoms with Gasteiger partial charge < -0.3 is 9.47 Å². The van der Waals surface area contributed by atoms with Crippen molar-refractivity contribution in [2.45, 2.75) is 19.3 Å². The molecule has 0 saturated heterocycles. The van der Waals surface area contributed by atoms with Gasteiger partial charge in [0, 0.05) is 24.0 Å². The number of carbonyl (C=O) groups excluding carboxylic acids is 3. The number of para-hydroxylation sites is 1. The molecule has 7 heteroatoms. The van der Waals surface area contributed by atoms with Gasteiger partial charge in [0.15, 0.2) is 12.4 Å². The number of nitrogens with one attached hydrogen (secondary N) is 2. The van der Waals surface area contributed by atoms with E-state index in [2.05, 4.69) is 10.9 Å². The summed E-state index contributed by atoms with van der Waals surface area (Å²) in [5.41, 5.74) is 7.10. The second kappa shape index (κ2) is 12.0. The largest absolute Gasteiger partial charge is 0.497 e. The minimum Gasteiger partial charge on any atom is -0.497 e. The van der Waals surface area contributed by atoms with E-state index in [9.17, 15) is 14.4 Å². The molecule has 170 valence electrons. The molecule has 0 fully saturated rings. The van der Waals surface area contributed by atoms with E-state index in [1.54, 1.807) is 37.4 Å². The highest BCUT2D eigenvalue weighted by Gasteiger charge is 2.11. The molecular formula is C26H26N2O5. The molecule has 0 atom stereocenters. The molecule has 0 aliphatic rings. The molecule has 33 heavy (non-hydrogen) atoms. The van der Waals surface area contributed by atoms with Crippen molar-refractivity contribution < 1.29 is 23.9 Å². The maximum absolute atomic E-state index is 12.2. The van der Waals surface area contributed by atoms with Crippen LogP contribution in [0.5, 0.6) is 11.5 Å². The minimum absolute atomic E-state index is 0.0556. The number of ether oxygens (including phenoxy) is 2. The Kier molecular flexibility index (Phi) is 8.59. The Hall–Kier alpha value is -4.13. The second-order valence-electron chi connectivity index (χ2n) is 7.25. The van der Waals surface area contributed by atoms with Crippen molar-refractivity contribution in [3.8, 4) is 22.6 Å². The predicted molar refractivity (Wildman–Crippen MR) is 125 cm³/mol. The van der Waals surface area contributed by atoms with Gasteiger partial charge in [-0.2, -0.15) is 0 Å². The van der Waals surface area contributed by atoms with E-state index in [4.69, 9.17) is 9.47 Å². The van der Waals surface area contributed by atoms with E-state index in [0.29, 0.717) is 23.5 Å². The molecule has 0 aliphatic carbocycles. The summed E-state index contributed by atoms with van der Waals surface area (Å²) in [6, 6.07) is 24.0. The van der Waals surface area contributed by atoms with E-state index in [0.717, 1.165) is 11.1 Å². The van der Waals surface area contributed by atoms with Gasteiger partial charge in [-0.15, -0.1) is 0 Å². The molecule has 0 saturated carbocycles. The number of Topliss-reactive ketones (excluding diaryl/α,β-unsaturated/α-hetero) is 1. The molecule has 3 aromatic rings. The Morgan fingerprint density at radius 2 is 1.42 bits per heavy atom. The summed E-state index contributed by atoms with van der Waals surface area (Å²) in [4.78, 5) is 36.2. The van der Waals surface area contributed by atoms with Crippen molar-refractivity contribution in [1.29, 1.82) is 0 Å². The third-order valence-electron chi connectivity index (χ3n) is 4.89. The number of rotatable bonds is 10. The van der Waals surface area contributed by atoms with Gasteiger partial charge in [0.25, 0.3) is 5.91 Å². The van der Waals surface area contributed by atoms with Gasteiger partial charge in [-0.05, 0) is 42.3 Å². The number of methoxy groups -OCH3 is 1. The van der Waals surface area contributed by atoms with Crippen molar-refractivity contribution in [3.05, 3.63) is 84.4 Å².